The molecule has 0 N–H and O–H groups in total. The van der Waals surface area contributed by atoms with Gasteiger partial charge in [0, 0.05) is 22.7 Å². The van der Waals surface area contributed by atoms with Crippen LogP contribution < -0.4 is 23.7 Å². The summed E-state index contributed by atoms with van der Waals surface area (Å²) in [6, 6.07) is 10.4. The number of methoxy groups -OCH3 is 5. The predicted molar refractivity (Wildman–Crippen MR) is 134 cm³/mol. The minimum absolute atomic E-state index is 0.202. The van der Waals surface area contributed by atoms with Gasteiger partial charge in [-0.25, -0.2) is 4.39 Å². The SMILES string of the molecule is COc1cc2c(cc1OC)[C@@H](c1c(F)cccc1Cl)N(C(=O)c1cc(OC)c(OC)c(OC)c1)CC2. The van der Waals surface area contributed by atoms with Crippen molar-refractivity contribution in [1.29, 1.82) is 0 Å². The third-order valence-electron chi connectivity index (χ3n) is 6.32. The zero-order valence-corrected chi connectivity index (χ0v) is 21.4. The molecule has 0 spiro atoms. The topological polar surface area (TPSA) is 66.5 Å². The molecule has 190 valence electrons. The predicted octanol–water partition coefficient (Wildman–Crippen LogP) is 5.31. The maximum atomic E-state index is 15.3. The highest BCUT2D eigenvalue weighted by atomic mass is 35.5. The normalized spacial score (nSPS) is 14.6. The second-order valence-corrected chi connectivity index (χ2v) is 8.51. The molecule has 1 heterocycles. The highest BCUT2D eigenvalue weighted by molar-refractivity contribution is 6.31. The van der Waals surface area contributed by atoms with Crippen molar-refractivity contribution in [2.45, 2.75) is 12.5 Å². The van der Waals surface area contributed by atoms with Crippen LogP contribution in [0.25, 0.3) is 0 Å². The first-order chi connectivity index (χ1) is 17.4. The lowest BCUT2D eigenvalue weighted by Crippen LogP contribution is -2.41. The summed E-state index contributed by atoms with van der Waals surface area (Å²) in [5, 5.41) is 0.213. The van der Waals surface area contributed by atoms with Gasteiger partial charge in [-0.1, -0.05) is 17.7 Å². The Kier molecular flexibility index (Phi) is 7.45. The van der Waals surface area contributed by atoms with E-state index in [0.717, 1.165) is 5.56 Å². The van der Waals surface area contributed by atoms with E-state index < -0.39 is 11.9 Å². The molecule has 4 rings (SSSR count). The number of rotatable bonds is 7. The van der Waals surface area contributed by atoms with Gasteiger partial charge in [0.1, 0.15) is 5.82 Å². The Labute approximate surface area is 214 Å². The van der Waals surface area contributed by atoms with Crippen LogP contribution in [0.15, 0.2) is 42.5 Å². The number of benzene rings is 3. The maximum absolute atomic E-state index is 15.3. The lowest BCUT2D eigenvalue weighted by Gasteiger charge is -2.38. The Hall–Kier alpha value is -3.65. The molecule has 3 aromatic carbocycles. The first-order valence-electron chi connectivity index (χ1n) is 11.2. The molecule has 0 radical (unpaired) electrons. The molecular formula is C27H27ClFNO6. The molecule has 0 bridgehead atoms. The van der Waals surface area contributed by atoms with Crippen LogP contribution in [-0.4, -0.2) is 52.9 Å². The Balaban J connectivity index is 1.91. The number of nitrogens with zero attached hydrogens (tertiary/aromatic N) is 1. The highest BCUT2D eigenvalue weighted by Crippen LogP contribution is 2.45. The molecule has 1 atom stereocenters. The van der Waals surface area contributed by atoms with Gasteiger partial charge in [0.05, 0.1) is 41.6 Å². The van der Waals surface area contributed by atoms with Crippen LogP contribution in [0.2, 0.25) is 5.02 Å². The van der Waals surface area contributed by atoms with Gasteiger partial charge >= 0.3 is 0 Å². The van der Waals surface area contributed by atoms with Crippen molar-refractivity contribution < 1.29 is 32.9 Å². The molecule has 0 saturated carbocycles. The van der Waals surface area contributed by atoms with Gasteiger partial charge in [-0.2, -0.15) is 0 Å². The van der Waals surface area contributed by atoms with Gasteiger partial charge in [0.2, 0.25) is 5.75 Å². The summed E-state index contributed by atoms with van der Waals surface area (Å²) in [5.74, 6) is 1.20. The summed E-state index contributed by atoms with van der Waals surface area (Å²) in [5.41, 5.74) is 2.11. The number of fused-ring (bicyclic) bond motifs is 1. The minimum Gasteiger partial charge on any atom is -0.493 e. The molecule has 9 heteroatoms. The van der Waals surface area contributed by atoms with Crippen LogP contribution in [0.1, 0.15) is 33.1 Å². The fourth-order valence-electron chi connectivity index (χ4n) is 4.62. The molecule has 0 aromatic heterocycles. The summed E-state index contributed by atoms with van der Waals surface area (Å²) >= 11 is 6.52. The third kappa shape index (κ3) is 4.37. The van der Waals surface area contributed by atoms with Gasteiger partial charge in [0.15, 0.2) is 23.0 Å². The van der Waals surface area contributed by atoms with Crippen molar-refractivity contribution in [2.75, 3.05) is 42.1 Å². The quantitative estimate of drug-likeness (QED) is 0.425. The molecule has 0 unspecified atom stereocenters. The van der Waals surface area contributed by atoms with Gasteiger partial charge in [-0.05, 0) is 53.9 Å². The standard InChI is InChI=1S/C27H27ClFNO6/c1-32-20-11-15-9-10-30(27(31)16-12-22(34-3)26(36-5)23(13-16)35-4)25(17(15)14-21(20)33-2)24-18(28)7-6-8-19(24)29/h6-8,11-14,25H,9-10H2,1-5H3/t25-/m0/s1. The van der Waals surface area contributed by atoms with E-state index in [0.29, 0.717) is 52.8 Å². The largest absolute Gasteiger partial charge is 0.493 e. The monoisotopic (exact) mass is 515 g/mol. The minimum atomic E-state index is -0.811. The fraction of sp³-hybridized carbons (Fsp3) is 0.296. The van der Waals surface area contributed by atoms with Gasteiger partial charge in [-0.3, -0.25) is 4.79 Å². The number of hydrogen-bond donors (Lipinski definition) is 0. The van der Waals surface area contributed by atoms with Gasteiger partial charge in [0.25, 0.3) is 5.91 Å². The van der Waals surface area contributed by atoms with Crippen molar-refractivity contribution in [2.24, 2.45) is 0 Å². The molecule has 1 amide bonds. The Morgan fingerprint density at radius 3 is 2.06 bits per heavy atom. The van der Waals surface area contributed by atoms with E-state index in [4.69, 9.17) is 35.3 Å². The van der Waals surface area contributed by atoms with E-state index in [2.05, 4.69) is 0 Å². The zero-order valence-electron chi connectivity index (χ0n) is 20.7. The Morgan fingerprint density at radius 2 is 1.50 bits per heavy atom. The molecule has 0 fully saturated rings. The van der Waals surface area contributed by atoms with Crippen molar-refractivity contribution in [3.05, 3.63) is 75.6 Å². The zero-order chi connectivity index (χ0) is 26.0. The van der Waals surface area contributed by atoms with Crippen LogP contribution in [0.4, 0.5) is 4.39 Å². The van der Waals surface area contributed by atoms with Crippen LogP contribution in [0.3, 0.4) is 0 Å². The smallest absolute Gasteiger partial charge is 0.254 e. The first kappa shape index (κ1) is 25.4. The second kappa shape index (κ2) is 10.5. The van der Waals surface area contributed by atoms with E-state index in [-0.39, 0.29) is 16.5 Å². The average Bonchev–Trinajstić information content (AvgIpc) is 2.90. The van der Waals surface area contributed by atoms with Crippen molar-refractivity contribution in [3.8, 4) is 28.7 Å². The van der Waals surface area contributed by atoms with Crippen LogP contribution in [-0.2, 0) is 6.42 Å². The fourth-order valence-corrected chi connectivity index (χ4v) is 4.88. The van der Waals surface area contributed by atoms with Crippen molar-refractivity contribution in [1.82, 2.24) is 4.90 Å². The van der Waals surface area contributed by atoms with E-state index in [1.165, 1.54) is 40.6 Å². The molecule has 3 aromatic rings. The Morgan fingerprint density at radius 1 is 0.889 bits per heavy atom. The molecule has 36 heavy (non-hydrogen) atoms. The number of hydrogen-bond acceptors (Lipinski definition) is 6. The molecule has 0 aliphatic carbocycles. The van der Waals surface area contributed by atoms with Crippen molar-refractivity contribution in [3.63, 3.8) is 0 Å². The van der Waals surface area contributed by atoms with Crippen LogP contribution in [0.5, 0.6) is 28.7 Å². The molecular weight excluding hydrogens is 489 g/mol. The summed E-state index contributed by atoms with van der Waals surface area (Å²) < 4.78 is 42.5. The summed E-state index contributed by atoms with van der Waals surface area (Å²) in [6.07, 6.45) is 0.522. The highest BCUT2D eigenvalue weighted by Gasteiger charge is 2.37. The number of carbonyl (C=O) groups is 1. The Bertz CT molecular complexity index is 1250. The summed E-state index contributed by atoms with van der Waals surface area (Å²) in [4.78, 5) is 15.6. The number of carbonyl (C=O) groups excluding carboxylic acids is 1. The van der Waals surface area contributed by atoms with Crippen LogP contribution in [0, 0.1) is 5.82 Å². The number of halogens is 2. The van der Waals surface area contributed by atoms with Crippen molar-refractivity contribution >= 4 is 17.5 Å². The summed E-state index contributed by atoms with van der Waals surface area (Å²) in [7, 11) is 7.52. The van der Waals surface area contributed by atoms with E-state index in [1.54, 1.807) is 36.3 Å². The number of ether oxygens (including phenoxy) is 5. The summed E-state index contributed by atoms with van der Waals surface area (Å²) in [6.45, 7) is 0.313. The lowest BCUT2D eigenvalue weighted by atomic mass is 9.86. The third-order valence-corrected chi connectivity index (χ3v) is 6.65. The van der Waals surface area contributed by atoms with E-state index >= 15 is 4.39 Å². The molecule has 7 nitrogen and oxygen atoms in total. The van der Waals surface area contributed by atoms with Gasteiger partial charge in [-0.15, -0.1) is 0 Å². The van der Waals surface area contributed by atoms with E-state index in [9.17, 15) is 4.79 Å². The van der Waals surface area contributed by atoms with Gasteiger partial charge < -0.3 is 28.6 Å². The second-order valence-electron chi connectivity index (χ2n) is 8.11. The first-order valence-corrected chi connectivity index (χ1v) is 11.6. The number of amides is 1. The molecule has 0 saturated heterocycles. The maximum Gasteiger partial charge on any atom is 0.254 e. The van der Waals surface area contributed by atoms with E-state index in [1.807, 2.05) is 6.07 Å². The average molecular weight is 516 g/mol. The lowest BCUT2D eigenvalue weighted by molar-refractivity contribution is 0.0691. The molecule has 1 aliphatic heterocycles. The molecule has 1 aliphatic rings. The van der Waals surface area contributed by atoms with Crippen LogP contribution >= 0.6 is 11.6 Å².